The van der Waals surface area contributed by atoms with Gasteiger partial charge in [-0.1, -0.05) is 39.0 Å². The van der Waals surface area contributed by atoms with Crippen molar-refractivity contribution in [2.75, 3.05) is 0 Å². The van der Waals surface area contributed by atoms with E-state index in [4.69, 9.17) is 0 Å². The fourth-order valence-electron chi connectivity index (χ4n) is 2.33. The Hall–Kier alpha value is -1.26. The van der Waals surface area contributed by atoms with Crippen molar-refractivity contribution >= 4 is 15.9 Å². The van der Waals surface area contributed by atoms with Gasteiger partial charge in [-0.2, -0.15) is 0 Å². The summed E-state index contributed by atoms with van der Waals surface area (Å²) in [5, 5.41) is 3.53. The van der Waals surface area contributed by atoms with E-state index in [1.165, 1.54) is 12.1 Å². The van der Waals surface area contributed by atoms with Gasteiger partial charge in [0, 0.05) is 12.6 Å². The van der Waals surface area contributed by atoms with Crippen LogP contribution < -0.4 is 5.32 Å². The summed E-state index contributed by atoms with van der Waals surface area (Å²) in [6, 6.07) is 12.7. The molecule has 2 aromatic rings. The molecule has 2 nitrogen and oxygen atoms in total. The maximum absolute atomic E-state index is 13.1. The van der Waals surface area contributed by atoms with Gasteiger partial charge in [-0.3, -0.25) is 0 Å². The zero-order valence-corrected chi connectivity index (χ0v) is 14.1. The average molecular weight is 351 g/mol. The first-order valence-electron chi connectivity index (χ1n) is 6.96. The maximum atomic E-state index is 13.1. The van der Waals surface area contributed by atoms with Gasteiger partial charge in [0.2, 0.25) is 0 Å². The number of aromatic nitrogens is 1. The van der Waals surface area contributed by atoms with Crippen LogP contribution in [0.2, 0.25) is 0 Å². The molecule has 1 N–H and O–H groups in total. The summed E-state index contributed by atoms with van der Waals surface area (Å²) in [6.45, 7) is 7.17. The molecule has 1 heterocycles. The van der Waals surface area contributed by atoms with Crippen molar-refractivity contribution in [2.24, 2.45) is 5.41 Å². The molecule has 0 spiro atoms. The van der Waals surface area contributed by atoms with Crippen LogP contribution in [0.4, 0.5) is 4.39 Å². The molecule has 0 saturated carbocycles. The Labute approximate surface area is 133 Å². The molecule has 0 aliphatic heterocycles. The molecule has 0 radical (unpaired) electrons. The summed E-state index contributed by atoms with van der Waals surface area (Å²) < 4.78 is 13.9. The minimum Gasteiger partial charge on any atom is -0.304 e. The van der Waals surface area contributed by atoms with Crippen molar-refractivity contribution in [2.45, 2.75) is 33.4 Å². The highest BCUT2D eigenvalue weighted by Crippen LogP contribution is 2.33. The first-order valence-corrected chi connectivity index (χ1v) is 7.76. The van der Waals surface area contributed by atoms with Gasteiger partial charge < -0.3 is 5.32 Å². The van der Waals surface area contributed by atoms with Crippen molar-refractivity contribution in [3.63, 3.8) is 0 Å². The summed E-state index contributed by atoms with van der Waals surface area (Å²) >= 11 is 3.38. The van der Waals surface area contributed by atoms with Crippen molar-refractivity contribution < 1.29 is 4.39 Å². The lowest BCUT2D eigenvalue weighted by Gasteiger charge is -2.32. The molecule has 0 amide bonds. The molecule has 0 fully saturated rings. The highest BCUT2D eigenvalue weighted by molar-refractivity contribution is 9.10. The number of hydrogen-bond donors (Lipinski definition) is 1. The SMILES string of the molecule is CC(C)(C)C(NCc1cccc(Br)n1)c1ccc(F)cc1. The average Bonchev–Trinajstić information content (AvgIpc) is 2.39. The third-order valence-electron chi connectivity index (χ3n) is 3.33. The van der Waals surface area contributed by atoms with Gasteiger partial charge in [-0.25, -0.2) is 9.37 Å². The second-order valence-electron chi connectivity index (χ2n) is 6.18. The normalized spacial score (nSPS) is 13.2. The van der Waals surface area contributed by atoms with E-state index in [-0.39, 0.29) is 17.3 Å². The Morgan fingerprint density at radius 3 is 2.38 bits per heavy atom. The predicted octanol–water partition coefficient (Wildman–Crippen LogP) is 4.86. The van der Waals surface area contributed by atoms with Gasteiger partial charge >= 0.3 is 0 Å². The molecule has 2 rings (SSSR count). The quantitative estimate of drug-likeness (QED) is 0.796. The molecular weight excluding hydrogens is 331 g/mol. The lowest BCUT2D eigenvalue weighted by molar-refractivity contribution is 0.270. The first kappa shape index (κ1) is 16.1. The fraction of sp³-hybridized carbons (Fsp3) is 0.353. The molecule has 1 atom stereocenters. The van der Waals surface area contributed by atoms with Gasteiger partial charge in [0.1, 0.15) is 10.4 Å². The Kier molecular flexibility index (Phi) is 5.12. The number of nitrogens with one attached hydrogen (secondary N) is 1. The Balaban J connectivity index is 2.16. The highest BCUT2D eigenvalue weighted by atomic mass is 79.9. The third-order valence-corrected chi connectivity index (χ3v) is 3.77. The number of hydrogen-bond acceptors (Lipinski definition) is 2. The largest absolute Gasteiger partial charge is 0.304 e. The fourth-order valence-corrected chi connectivity index (χ4v) is 2.72. The Bertz CT molecular complexity index is 590. The predicted molar refractivity (Wildman–Crippen MR) is 87.4 cm³/mol. The molecular formula is C17H20BrFN2. The van der Waals surface area contributed by atoms with E-state index in [1.54, 1.807) is 0 Å². The molecule has 1 aromatic heterocycles. The summed E-state index contributed by atoms with van der Waals surface area (Å²) in [7, 11) is 0. The molecule has 1 unspecified atom stereocenters. The molecule has 0 aliphatic rings. The maximum Gasteiger partial charge on any atom is 0.123 e. The number of halogens is 2. The zero-order valence-electron chi connectivity index (χ0n) is 12.5. The van der Waals surface area contributed by atoms with Crippen LogP contribution >= 0.6 is 15.9 Å². The molecule has 0 aliphatic carbocycles. The lowest BCUT2D eigenvalue weighted by atomic mass is 9.82. The highest BCUT2D eigenvalue weighted by Gasteiger charge is 2.25. The van der Waals surface area contributed by atoms with Gasteiger partial charge in [0.25, 0.3) is 0 Å². The van der Waals surface area contributed by atoms with Crippen molar-refractivity contribution in [3.05, 3.63) is 64.1 Å². The number of nitrogens with zero attached hydrogens (tertiary/aromatic N) is 1. The van der Waals surface area contributed by atoms with Crippen LogP contribution in [-0.2, 0) is 6.54 Å². The van der Waals surface area contributed by atoms with E-state index in [1.807, 2.05) is 30.3 Å². The molecule has 1 aromatic carbocycles. The van der Waals surface area contributed by atoms with Crippen molar-refractivity contribution in [1.82, 2.24) is 10.3 Å². The van der Waals surface area contributed by atoms with Crippen LogP contribution in [0.15, 0.2) is 47.1 Å². The summed E-state index contributed by atoms with van der Waals surface area (Å²) in [5.41, 5.74) is 2.07. The monoisotopic (exact) mass is 350 g/mol. The lowest BCUT2D eigenvalue weighted by Crippen LogP contribution is -2.32. The minimum atomic E-state index is -0.208. The van der Waals surface area contributed by atoms with E-state index in [0.29, 0.717) is 6.54 Å². The van der Waals surface area contributed by atoms with E-state index >= 15 is 0 Å². The number of rotatable bonds is 4. The van der Waals surface area contributed by atoms with Gasteiger partial charge in [-0.05, 0) is 51.2 Å². The zero-order chi connectivity index (χ0) is 15.5. The van der Waals surface area contributed by atoms with E-state index in [9.17, 15) is 4.39 Å². The first-order chi connectivity index (χ1) is 9.86. The van der Waals surface area contributed by atoms with E-state index < -0.39 is 0 Å². The molecule has 112 valence electrons. The third kappa shape index (κ3) is 4.61. The topological polar surface area (TPSA) is 24.9 Å². The minimum absolute atomic E-state index is 0.0177. The Morgan fingerprint density at radius 1 is 1.14 bits per heavy atom. The van der Waals surface area contributed by atoms with Crippen LogP contribution in [0.25, 0.3) is 0 Å². The van der Waals surface area contributed by atoms with Crippen LogP contribution in [0.5, 0.6) is 0 Å². The van der Waals surface area contributed by atoms with E-state index in [2.05, 4.69) is 47.0 Å². The summed E-state index contributed by atoms with van der Waals surface area (Å²) in [6.07, 6.45) is 0. The van der Waals surface area contributed by atoms with Crippen LogP contribution in [0, 0.1) is 11.2 Å². The van der Waals surface area contributed by atoms with Crippen molar-refractivity contribution in [1.29, 1.82) is 0 Å². The summed E-state index contributed by atoms with van der Waals surface area (Å²) in [5.74, 6) is -0.208. The number of benzene rings is 1. The molecule has 21 heavy (non-hydrogen) atoms. The smallest absolute Gasteiger partial charge is 0.123 e. The standard InChI is InChI=1S/C17H20BrFN2/c1-17(2,3)16(12-7-9-13(19)10-8-12)20-11-14-5-4-6-15(18)21-14/h4-10,16,20H,11H2,1-3H3. The van der Waals surface area contributed by atoms with Gasteiger partial charge in [-0.15, -0.1) is 0 Å². The van der Waals surface area contributed by atoms with Crippen LogP contribution in [-0.4, -0.2) is 4.98 Å². The van der Waals surface area contributed by atoms with Gasteiger partial charge in [0.15, 0.2) is 0 Å². The number of pyridine rings is 1. The van der Waals surface area contributed by atoms with Crippen molar-refractivity contribution in [3.8, 4) is 0 Å². The second kappa shape index (κ2) is 6.67. The van der Waals surface area contributed by atoms with Gasteiger partial charge in [0.05, 0.1) is 5.69 Å². The Morgan fingerprint density at radius 2 is 1.81 bits per heavy atom. The molecule has 4 heteroatoms. The summed E-state index contributed by atoms with van der Waals surface area (Å²) in [4.78, 5) is 4.43. The van der Waals surface area contributed by atoms with E-state index in [0.717, 1.165) is 15.9 Å². The van der Waals surface area contributed by atoms with Crippen LogP contribution in [0.3, 0.4) is 0 Å². The van der Waals surface area contributed by atoms with Crippen LogP contribution in [0.1, 0.15) is 38.1 Å². The second-order valence-corrected chi connectivity index (χ2v) is 7.00. The molecule has 0 bridgehead atoms. The molecule has 0 saturated heterocycles.